The molecule has 0 spiro atoms. The third kappa shape index (κ3) is 5.41. The highest BCUT2D eigenvalue weighted by molar-refractivity contribution is 6.46. The van der Waals surface area contributed by atoms with Crippen molar-refractivity contribution < 1.29 is 38.4 Å². The quantitative estimate of drug-likeness (QED) is 0.266. The van der Waals surface area contributed by atoms with Gasteiger partial charge < -0.3 is 33.7 Å². The molecule has 9 nitrogen and oxygen atoms in total. The Morgan fingerprint density at radius 1 is 0.889 bits per heavy atom. The van der Waals surface area contributed by atoms with Crippen molar-refractivity contribution in [2.75, 3.05) is 47.2 Å². The van der Waals surface area contributed by atoms with Crippen molar-refractivity contribution in [1.82, 2.24) is 4.90 Å². The van der Waals surface area contributed by atoms with Gasteiger partial charge in [-0.05, 0) is 50.6 Å². The molecule has 1 fully saturated rings. The van der Waals surface area contributed by atoms with E-state index in [9.17, 15) is 14.7 Å². The van der Waals surface area contributed by atoms with Gasteiger partial charge in [0.25, 0.3) is 11.7 Å². The molecule has 1 unspecified atom stereocenters. The van der Waals surface area contributed by atoms with Crippen LogP contribution >= 0.6 is 0 Å². The molecule has 1 heterocycles. The van der Waals surface area contributed by atoms with E-state index in [1.165, 1.54) is 19.1 Å². The molecule has 1 N–H and O–H groups in total. The second-order valence-corrected chi connectivity index (χ2v) is 7.85. The fraction of sp³-hybridized carbons (Fsp3) is 0.407. The van der Waals surface area contributed by atoms with Crippen LogP contribution in [-0.2, 0) is 14.3 Å². The average molecular weight is 500 g/mol. The van der Waals surface area contributed by atoms with Gasteiger partial charge in [0.1, 0.15) is 17.3 Å². The molecular weight excluding hydrogens is 466 g/mol. The predicted molar refractivity (Wildman–Crippen MR) is 134 cm³/mol. The molecule has 0 radical (unpaired) electrons. The lowest BCUT2D eigenvalue weighted by atomic mass is 9.94. The SMILES string of the molecule is CCOc1ccc(/C(O)=C2\C(=O)C(=O)N(CCOC)C2c2ccc(OCC)c(OC)c2)c(OCC)c1. The zero-order chi connectivity index (χ0) is 26.2. The van der Waals surface area contributed by atoms with E-state index in [0.29, 0.717) is 48.4 Å². The van der Waals surface area contributed by atoms with Gasteiger partial charge in [0, 0.05) is 19.7 Å². The zero-order valence-electron chi connectivity index (χ0n) is 21.3. The standard InChI is InChI=1S/C27H33NO8/c1-6-34-18-10-11-19(21(16-18)36-8-3)25(29)23-24(28(13-14-32-4)27(31)26(23)30)17-9-12-20(35-7-2)22(15-17)33-5/h9-12,15-16,24,29H,6-8,13-14H2,1-5H3/b25-23+. The smallest absolute Gasteiger partial charge is 0.295 e. The monoisotopic (exact) mass is 499 g/mol. The van der Waals surface area contributed by atoms with Crippen molar-refractivity contribution in [2.45, 2.75) is 26.8 Å². The topological polar surface area (TPSA) is 104 Å². The summed E-state index contributed by atoms with van der Waals surface area (Å²) in [6.45, 7) is 7.14. The Kier molecular flexibility index (Phi) is 9.19. The van der Waals surface area contributed by atoms with Crippen LogP contribution in [0.25, 0.3) is 5.76 Å². The van der Waals surface area contributed by atoms with Crippen molar-refractivity contribution in [3.63, 3.8) is 0 Å². The molecular formula is C27H33NO8. The Hall–Kier alpha value is -3.72. The molecule has 0 bridgehead atoms. The number of likely N-dealkylation sites (tertiary alicyclic amines) is 1. The van der Waals surface area contributed by atoms with Crippen LogP contribution in [0.4, 0.5) is 0 Å². The number of nitrogens with zero attached hydrogens (tertiary/aromatic N) is 1. The number of ketones is 1. The number of aliphatic hydroxyl groups excluding tert-OH is 1. The van der Waals surface area contributed by atoms with Crippen molar-refractivity contribution in [1.29, 1.82) is 0 Å². The highest BCUT2D eigenvalue weighted by Gasteiger charge is 2.46. The normalized spacial score (nSPS) is 16.8. The van der Waals surface area contributed by atoms with Gasteiger partial charge in [0.05, 0.1) is 50.7 Å². The highest BCUT2D eigenvalue weighted by atomic mass is 16.5. The van der Waals surface area contributed by atoms with Crippen molar-refractivity contribution in [2.24, 2.45) is 0 Å². The van der Waals surface area contributed by atoms with Crippen LogP contribution in [0.3, 0.4) is 0 Å². The summed E-state index contributed by atoms with van der Waals surface area (Å²) in [7, 11) is 3.03. The zero-order valence-corrected chi connectivity index (χ0v) is 21.3. The molecule has 0 aromatic heterocycles. The molecule has 0 aliphatic carbocycles. The summed E-state index contributed by atoms with van der Waals surface area (Å²) >= 11 is 0. The number of amides is 1. The van der Waals surface area contributed by atoms with Crippen LogP contribution in [0, 0.1) is 0 Å². The third-order valence-electron chi connectivity index (χ3n) is 5.70. The van der Waals surface area contributed by atoms with Gasteiger partial charge >= 0.3 is 0 Å². The lowest BCUT2D eigenvalue weighted by Gasteiger charge is -2.26. The molecule has 194 valence electrons. The Morgan fingerprint density at radius 3 is 2.22 bits per heavy atom. The molecule has 2 aromatic rings. The van der Waals surface area contributed by atoms with E-state index in [1.807, 2.05) is 20.8 Å². The Morgan fingerprint density at radius 2 is 1.58 bits per heavy atom. The van der Waals surface area contributed by atoms with Gasteiger partial charge in [-0.1, -0.05) is 6.07 Å². The van der Waals surface area contributed by atoms with E-state index in [1.54, 1.807) is 36.4 Å². The number of Topliss-reactive ketones (excluding diaryl/α,β-unsaturated/α-hetero) is 1. The largest absolute Gasteiger partial charge is 0.507 e. The lowest BCUT2D eigenvalue weighted by Crippen LogP contribution is -2.32. The predicted octanol–water partition coefficient (Wildman–Crippen LogP) is 3.96. The fourth-order valence-electron chi connectivity index (χ4n) is 4.15. The van der Waals surface area contributed by atoms with Gasteiger partial charge in [0.2, 0.25) is 0 Å². The van der Waals surface area contributed by atoms with Crippen LogP contribution in [0.1, 0.15) is 37.9 Å². The minimum Gasteiger partial charge on any atom is -0.507 e. The van der Waals surface area contributed by atoms with E-state index >= 15 is 0 Å². The molecule has 1 saturated heterocycles. The Bertz CT molecular complexity index is 1130. The van der Waals surface area contributed by atoms with Crippen molar-refractivity contribution >= 4 is 17.4 Å². The molecule has 1 aliphatic rings. The number of carbonyl (C=O) groups is 2. The number of benzene rings is 2. The summed E-state index contributed by atoms with van der Waals surface area (Å²) in [4.78, 5) is 27.7. The van der Waals surface area contributed by atoms with Crippen LogP contribution in [0.15, 0.2) is 42.0 Å². The first-order chi connectivity index (χ1) is 17.4. The minimum atomic E-state index is -0.870. The van der Waals surface area contributed by atoms with Crippen molar-refractivity contribution in [3.05, 3.63) is 53.1 Å². The van der Waals surface area contributed by atoms with Gasteiger partial charge in [-0.25, -0.2) is 0 Å². The molecule has 36 heavy (non-hydrogen) atoms. The number of hydrogen-bond acceptors (Lipinski definition) is 8. The molecule has 9 heteroatoms. The molecule has 2 aromatic carbocycles. The summed E-state index contributed by atoms with van der Waals surface area (Å²) < 4.78 is 27.6. The van der Waals surface area contributed by atoms with Gasteiger partial charge in [-0.15, -0.1) is 0 Å². The number of rotatable bonds is 12. The molecule has 1 atom stereocenters. The van der Waals surface area contributed by atoms with E-state index < -0.39 is 17.7 Å². The van der Waals surface area contributed by atoms with E-state index in [-0.39, 0.29) is 30.0 Å². The molecule has 0 saturated carbocycles. The van der Waals surface area contributed by atoms with Gasteiger partial charge in [-0.2, -0.15) is 0 Å². The van der Waals surface area contributed by atoms with Crippen molar-refractivity contribution in [3.8, 4) is 23.0 Å². The summed E-state index contributed by atoms with van der Waals surface area (Å²) in [5.41, 5.74) is 0.816. The van der Waals surface area contributed by atoms with E-state index in [0.717, 1.165) is 0 Å². The Balaban J connectivity index is 2.21. The first kappa shape index (κ1) is 26.9. The number of carbonyl (C=O) groups excluding carboxylic acids is 2. The average Bonchev–Trinajstić information content (AvgIpc) is 3.13. The number of aliphatic hydroxyl groups is 1. The second kappa shape index (κ2) is 12.3. The first-order valence-electron chi connectivity index (χ1n) is 11.9. The summed E-state index contributed by atoms with van der Waals surface area (Å²) in [6.07, 6.45) is 0. The summed E-state index contributed by atoms with van der Waals surface area (Å²) in [6, 6.07) is 9.25. The van der Waals surface area contributed by atoms with Crippen LogP contribution in [-0.4, -0.2) is 68.9 Å². The van der Waals surface area contributed by atoms with Crippen LogP contribution in [0.2, 0.25) is 0 Å². The van der Waals surface area contributed by atoms with Crippen LogP contribution < -0.4 is 18.9 Å². The first-order valence-corrected chi connectivity index (χ1v) is 11.9. The maximum atomic E-state index is 13.3. The lowest BCUT2D eigenvalue weighted by molar-refractivity contribution is -0.140. The molecule has 1 amide bonds. The van der Waals surface area contributed by atoms with Crippen LogP contribution in [0.5, 0.6) is 23.0 Å². The maximum absolute atomic E-state index is 13.3. The Labute approximate surface area is 211 Å². The van der Waals surface area contributed by atoms with E-state index in [4.69, 9.17) is 23.7 Å². The fourth-order valence-corrected chi connectivity index (χ4v) is 4.15. The number of ether oxygens (including phenoxy) is 5. The number of methoxy groups -OCH3 is 2. The maximum Gasteiger partial charge on any atom is 0.295 e. The molecule has 3 rings (SSSR count). The third-order valence-corrected chi connectivity index (χ3v) is 5.70. The highest BCUT2D eigenvalue weighted by Crippen LogP contribution is 2.43. The summed E-state index contributed by atoms with van der Waals surface area (Å²) in [5, 5.41) is 11.4. The van der Waals surface area contributed by atoms with E-state index in [2.05, 4.69) is 0 Å². The minimum absolute atomic E-state index is 0.0487. The number of hydrogen-bond donors (Lipinski definition) is 1. The van der Waals surface area contributed by atoms with Gasteiger partial charge in [-0.3, -0.25) is 9.59 Å². The second-order valence-electron chi connectivity index (χ2n) is 7.85. The van der Waals surface area contributed by atoms with Gasteiger partial charge in [0.15, 0.2) is 11.5 Å². The molecule has 1 aliphatic heterocycles. The summed E-state index contributed by atoms with van der Waals surface area (Å²) in [5.74, 6) is 0.0224.